The minimum Gasteiger partial charge on any atom is -0.493 e. The predicted octanol–water partition coefficient (Wildman–Crippen LogP) is 3.86. The molecule has 0 spiro atoms. The lowest BCUT2D eigenvalue weighted by Crippen LogP contribution is -2.38. The molecular formula is C22H27NO5. The molecule has 2 aromatic carbocycles. The maximum absolute atomic E-state index is 12.5. The highest BCUT2D eigenvalue weighted by Gasteiger charge is 2.20. The van der Waals surface area contributed by atoms with Crippen molar-refractivity contribution < 1.29 is 23.8 Å². The maximum Gasteiger partial charge on any atom is 0.261 e. The van der Waals surface area contributed by atoms with E-state index in [2.05, 4.69) is 5.32 Å². The summed E-state index contributed by atoms with van der Waals surface area (Å²) >= 11 is 0. The molecule has 0 aliphatic heterocycles. The minimum absolute atomic E-state index is 0.0172. The first-order chi connectivity index (χ1) is 13.3. The first-order valence-corrected chi connectivity index (χ1v) is 9.07. The topological polar surface area (TPSA) is 73.9 Å². The number of amides is 1. The standard InChI is InChI=1S/C22H27NO5/c1-13-11-20(26-5)21(27-6)12-19(13)14(2)23-22(25)16(4)28-18-9-7-17(8-10-18)15(3)24/h7-12,14,16H,1-6H3,(H,23,25). The van der Waals surface area contributed by atoms with E-state index in [4.69, 9.17) is 14.2 Å². The number of Topliss-reactive ketones (excluding diaryl/α,β-unsaturated/α-hetero) is 1. The summed E-state index contributed by atoms with van der Waals surface area (Å²) in [6.45, 7) is 7.04. The van der Waals surface area contributed by atoms with E-state index in [1.165, 1.54) is 6.92 Å². The Kier molecular flexibility index (Phi) is 7.04. The van der Waals surface area contributed by atoms with Crippen LogP contribution in [-0.2, 0) is 4.79 Å². The first-order valence-electron chi connectivity index (χ1n) is 9.07. The van der Waals surface area contributed by atoms with E-state index in [1.54, 1.807) is 45.4 Å². The molecule has 0 radical (unpaired) electrons. The number of ketones is 1. The van der Waals surface area contributed by atoms with Crippen molar-refractivity contribution in [1.29, 1.82) is 0 Å². The van der Waals surface area contributed by atoms with Crippen LogP contribution in [0.2, 0.25) is 0 Å². The molecule has 0 heterocycles. The van der Waals surface area contributed by atoms with Crippen molar-refractivity contribution >= 4 is 11.7 Å². The molecule has 0 fully saturated rings. The number of nitrogens with one attached hydrogen (secondary N) is 1. The molecule has 6 heteroatoms. The van der Waals surface area contributed by atoms with Crippen LogP contribution in [0.5, 0.6) is 17.2 Å². The van der Waals surface area contributed by atoms with E-state index < -0.39 is 6.10 Å². The normalized spacial score (nSPS) is 12.6. The van der Waals surface area contributed by atoms with Crippen LogP contribution in [0.15, 0.2) is 36.4 Å². The van der Waals surface area contributed by atoms with Crippen LogP contribution in [0.3, 0.4) is 0 Å². The zero-order chi connectivity index (χ0) is 20.8. The molecule has 28 heavy (non-hydrogen) atoms. The van der Waals surface area contributed by atoms with Crippen molar-refractivity contribution in [3.63, 3.8) is 0 Å². The van der Waals surface area contributed by atoms with Crippen LogP contribution in [0, 0.1) is 6.92 Å². The molecule has 150 valence electrons. The van der Waals surface area contributed by atoms with E-state index in [1.807, 2.05) is 26.0 Å². The fourth-order valence-electron chi connectivity index (χ4n) is 2.90. The molecule has 2 rings (SSSR count). The van der Waals surface area contributed by atoms with Crippen LogP contribution >= 0.6 is 0 Å². The molecule has 0 aromatic heterocycles. The lowest BCUT2D eigenvalue weighted by Gasteiger charge is -2.21. The van der Waals surface area contributed by atoms with Gasteiger partial charge in [-0.3, -0.25) is 9.59 Å². The quantitative estimate of drug-likeness (QED) is 0.699. The summed E-state index contributed by atoms with van der Waals surface area (Å²) in [7, 11) is 3.16. The molecule has 2 unspecified atom stereocenters. The molecular weight excluding hydrogens is 358 g/mol. The average Bonchev–Trinajstić information content (AvgIpc) is 2.67. The monoisotopic (exact) mass is 385 g/mol. The van der Waals surface area contributed by atoms with Gasteiger partial charge in [-0.05, 0) is 75.2 Å². The van der Waals surface area contributed by atoms with Crippen molar-refractivity contribution in [3.8, 4) is 17.2 Å². The highest BCUT2D eigenvalue weighted by Crippen LogP contribution is 2.32. The Hall–Kier alpha value is -3.02. The zero-order valence-electron chi connectivity index (χ0n) is 17.2. The number of carbonyl (C=O) groups excluding carboxylic acids is 2. The summed E-state index contributed by atoms with van der Waals surface area (Å²) in [5.41, 5.74) is 2.52. The fraction of sp³-hybridized carbons (Fsp3) is 0.364. The van der Waals surface area contributed by atoms with Crippen molar-refractivity contribution in [2.75, 3.05) is 14.2 Å². The van der Waals surface area contributed by atoms with Gasteiger partial charge in [0.05, 0.1) is 20.3 Å². The Morgan fingerprint density at radius 1 is 0.964 bits per heavy atom. The lowest BCUT2D eigenvalue weighted by atomic mass is 10.0. The number of methoxy groups -OCH3 is 2. The Bertz CT molecular complexity index is 845. The summed E-state index contributed by atoms with van der Waals surface area (Å²) in [4.78, 5) is 23.9. The van der Waals surface area contributed by atoms with Crippen LogP contribution in [0.25, 0.3) is 0 Å². The van der Waals surface area contributed by atoms with Crippen molar-refractivity contribution in [3.05, 3.63) is 53.1 Å². The fourth-order valence-corrected chi connectivity index (χ4v) is 2.90. The van der Waals surface area contributed by atoms with Gasteiger partial charge in [-0.1, -0.05) is 0 Å². The molecule has 1 N–H and O–H groups in total. The van der Waals surface area contributed by atoms with Gasteiger partial charge in [-0.25, -0.2) is 0 Å². The number of ether oxygens (including phenoxy) is 3. The van der Waals surface area contributed by atoms with Crippen LogP contribution < -0.4 is 19.5 Å². The maximum atomic E-state index is 12.5. The molecule has 6 nitrogen and oxygen atoms in total. The van der Waals surface area contributed by atoms with Gasteiger partial charge in [-0.2, -0.15) is 0 Å². The van der Waals surface area contributed by atoms with E-state index in [-0.39, 0.29) is 17.7 Å². The third-order valence-electron chi connectivity index (χ3n) is 4.54. The lowest BCUT2D eigenvalue weighted by molar-refractivity contribution is -0.127. The highest BCUT2D eigenvalue weighted by atomic mass is 16.5. The number of rotatable bonds is 8. The predicted molar refractivity (Wildman–Crippen MR) is 107 cm³/mol. The van der Waals surface area contributed by atoms with E-state index in [0.717, 1.165) is 11.1 Å². The second-order valence-corrected chi connectivity index (χ2v) is 6.63. The summed E-state index contributed by atoms with van der Waals surface area (Å²) in [5.74, 6) is 1.53. The number of carbonyl (C=O) groups is 2. The summed E-state index contributed by atoms with van der Waals surface area (Å²) in [6, 6.07) is 10.2. The summed E-state index contributed by atoms with van der Waals surface area (Å²) in [5, 5.41) is 2.96. The van der Waals surface area contributed by atoms with Gasteiger partial charge in [0.2, 0.25) is 0 Å². The van der Waals surface area contributed by atoms with Gasteiger partial charge in [-0.15, -0.1) is 0 Å². The van der Waals surface area contributed by atoms with Crippen LogP contribution in [0.4, 0.5) is 0 Å². The number of hydrogen-bond acceptors (Lipinski definition) is 5. The Morgan fingerprint density at radius 2 is 1.54 bits per heavy atom. The first kappa shape index (κ1) is 21.3. The third-order valence-corrected chi connectivity index (χ3v) is 4.54. The van der Waals surface area contributed by atoms with Gasteiger partial charge < -0.3 is 19.5 Å². The second kappa shape index (κ2) is 9.26. The smallest absolute Gasteiger partial charge is 0.261 e. The number of aryl methyl sites for hydroxylation is 1. The van der Waals surface area contributed by atoms with E-state index in [9.17, 15) is 9.59 Å². The van der Waals surface area contributed by atoms with Gasteiger partial charge in [0, 0.05) is 5.56 Å². The van der Waals surface area contributed by atoms with Gasteiger partial charge >= 0.3 is 0 Å². The molecule has 0 aliphatic rings. The average molecular weight is 385 g/mol. The van der Waals surface area contributed by atoms with Crippen molar-refractivity contribution in [1.82, 2.24) is 5.32 Å². The van der Waals surface area contributed by atoms with Crippen molar-refractivity contribution in [2.24, 2.45) is 0 Å². The molecule has 0 saturated heterocycles. The minimum atomic E-state index is -0.689. The summed E-state index contributed by atoms with van der Waals surface area (Å²) in [6.07, 6.45) is -0.689. The highest BCUT2D eigenvalue weighted by molar-refractivity contribution is 5.94. The number of benzene rings is 2. The SMILES string of the molecule is COc1cc(C)c(C(C)NC(=O)C(C)Oc2ccc(C(C)=O)cc2)cc1OC. The van der Waals surface area contributed by atoms with E-state index >= 15 is 0 Å². The van der Waals surface area contributed by atoms with Crippen LogP contribution in [-0.4, -0.2) is 32.0 Å². The van der Waals surface area contributed by atoms with E-state index in [0.29, 0.717) is 22.8 Å². The molecule has 0 aliphatic carbocycles. The van der Waals surface area contributed by atoms with Gasteiger partial charge in [0.15, 0.2) is 23.4 Å². The summed E-state index contributed by atoms with van der Waals surface area (Å²) < 4.78 is 16.4. The largest absolute Gasteiger partial charge is 0.493 e. The zero-order valence-corrected chi connectivity index (χ0v) is 17.2. The Morgan fingerprint density at radius 3 is 2.07 bits per heavy atom. The molecule has 2 aromatic rings. The Balaban J connectivity index is 2.06. The van der Waals surface area contributed by atoms with Crippen LogP contribution in [0.1, 0.15) is 48.3 Å². The van der Waals surface area contributed by atoms with Gasteiger partial charge in [0.25, 0.3) is 5.91 Å². The molecule has 0 saturated carbocycles. The molecule has 0 bridgehead atoms. The Labute approximate surface area is 165 Å². The molecule has 1 amide bonds. The van der Waals surface area contributed by atoms with Gasteiger partial charge in [0.1, 0.15) is 5.75 Å². The second-order valence-electron chi connectivity index (χ2n) is 6.63. The van der Waals surface area contributed by atoms with Crippen molar-refractivity contribution in [2.45, 2.75) is 39.8 Å². The molecule has 2 atom stereocenters. The third kappa shape index (κ3) is 5.03. The number of hydrogen-bond donors (Lipinski definition) is 1.